The summed E-state index contributed by atoms with van der Waals surface area (Å²) in [5, 5.41) is 0. The van der Waals surface area contributed by atoms with Crippen LogP contribution in [0.25, 0.3) is 11.4 Å². The third-order valence-electron chi connectivity index (χ3n) is 2.88. The Labute approximate surface area is 121 Å². The third kappa shape index (κ3) is 2.92. The molecule has 0 aliphatic carbocycles. The van der Waals surface area contributed by atoms with Gasteiger partial charge in [-0.3, -0.25) is 0 Å². The first-order chi connectivity index (χ1) is 8.88. The average Bonchev–Trinajstić information content (AvgIpc) is 2.34. The maximum Gasteiger partial charge on any atom is 0.223 e. The number of rotatable bonds is 2. The molecule has 0 bridgehead atoms. The molecule has 0 fully saturated rings. The molecular formula is C14H17BrN4. The summed E-state index contributed by atoms with van der Waals surface area (Å²) in [5.74, 6) is 1.85. The van der Waals surface area contributed by atoms with Gasteiger partial charge in [0.1, 0.15) is 5.82 Å². The molecular weight excluding hydrogens is 304 g/mol. The molecule has 0 saturated heterocycles. The summed E-state index contributed by atoms with van der Waals surface area (Å²) in [6, 6.07) is 4.10. The van der Waals surface area contributed by atoms with Crippen LogP contribution >= 0.6 is 15.9 Å². The first kappa shape index (κ1) is 13.9. The lowest BCUT2D eigenvalue weighted by Gasteiger charge is -2.10. The van der Waals surface area contributed by atoms with Gasteiger partial charge in [0.25, 0.3) is 0 Å². The summed E-state index contributed by atoms with van der Waals surface area (Å²) in [4.78, 5) is 12.9. The Morgan fingerprint density at radius 2 is 1.63 bits per heavy atom. The fraction of sp³-hybridized carbons (Fsp3) is 0.357. The third-order valence-corrected chi connectivity index (χ3v) is 4.13. The van der Waals surface area contributed by atoms with Gasteiger partial charge in [0.2, 0.25) is 5.95 Å². The summed E-state index contributed by atoms with van der Waals surface area (Å²) in [6.45, 7) is 8.18. The Morgan fingerprint density at radius 3 is 2.16 bits per heavy atom. The normalized spacial score (nSPS) is 11.1. The minimum Gasteiger partial charge on any atom is -0.368 e. The van der Waals surface area contributed by atoms with Crippen LogP contribution in [0.2, 0.25) is 0 Å². The van der Waals surface area contributed by atoms with Crippen molar-refractivity contribution in [3.63, 3.8) is 0 Å². The number of nitrogen functional groups attached to an aromatic ring is 1. The van der Waals surface area contributed by atoms with Crippen LogP contribution in [0.15, 0.2) is 16.6 Å². The molecule has 4 nitrogen and oxygen atoms in total. The number of nitrogens with zero attached hydrogens (tertiary/aromatic N) is 3. The predicted molar refractivity (Wildman–Crippen MR) is 80.9 cm³/mol. The van der Waals surface area contributed by atoms with Crippen molar-refractivity contribution in [2.24, 2.45) is 0 Å². The number of aromatic nitrogens is 3. The van der Waals surface area contributed by atoms with E-state index in [1.807, 2.05) is 13.8 Å². The molecule has 1 heterocycles. The minimum absolute atomic E-state index is 0.224. The fourth-order valence-electron chi connectivity index (χ4n) is 1.87. The number of aryl methyl sites for hydroxylation is 2. The average molecular weight is 321 g/mol. The first-order valence-corrected chi connectivity index (χ1v) is 6.96. The van der Waals surface area contributed by atoms with Crippen molar-refractivity contribution in [1.82, 2.24) is 15.0 Å². The van der Waals surface area contributed by atoms with E-state index in [0.29, 0.717) is 5.82 Å². The fourth-order valence-corrected chi connectivity index (χ4v) is 2.10. The van der Waals surface area contributed by atoms with Crippen LogP contribution in [0.3, 0.4) is 0 Å². The van der Waals surface area contributed by atoms with Gasteiger partial charge in [0, 0.05) is 16.0 Å². The molecule has 0 atom stereocenters. The van der Waals surface area contributed by atoms with Crippen molar-refractivity contribution >= 4 is 21.9 Å². The highest BCUT2D eigenvalue weighted by molar-refractivity contribution is 9.10. The Balaban J connectivity index is 2.59. The monoisotopic (exact) mass is 320 g/mol. The van der Waals surface area contributed by atoms with Crippen molar-refractivity contribution in [2.45, 2.75) is 33.6 Å². The van der Waals surface area contributed by atoms with Gasteiger partial charge in [0.15, 0.2) is 5.82 Å². The number of halogens is 1. The van der Waals surface area contributed by atoms with Gasteiger partial charge in [-0.05, 0) is 37.1 Å². The van der Waals surface area contributed by atoms with Crippen molar-refractivity contribution in [2.75, 3.05) is 5.73 Å². The number of hydrogen-bond donors (Lipinski definition) is 1. The van der Waals surface area contributed by atoms with E-state index in [9.17, 15) is 0 Å². The second kappa shape index (κ2) is 5.25. The number of benzene rings is 1. The number of anilines is 1. The Kier molecular flexibility index (Phi) is 3.85. The molecule has 100 valence electrons. The second-order valence-electron chi connectivity index (χ2n) is 4.95. The van der Waals surface area contributed by atoms with E-state index >= 15 is 0 Å². The molecule has 0 aliphatic heterocycles. The van der Waals surface area contributed by atoms with Crippen LogP contribution in [-0.2, 0) is 0 Å². The topological polar surface area (TPSA) is 64.7 Å². The highest BCUT2D eigenvalue weighted by atomic mass is 79.9. The highest BCUT2D eigenvalue weighted by Crippen LogP contribution is 2.27. The van der Waals surface area contributed by atoms with Gasteiger partial charge in [-0.1, -0.05) is 29.8 Å². The molecule has 2 rings (SSSR count). The standard InChI is InChI=1S/C14H17BrN4/c1-7(2)12-17-13(19-14(16)18-12)10-5-8(3)11(15)9(4)6-10/h5-7H,1-4H3,(H2,16,17,18,19). The van der Waals surface area contributed by atoms with Crippen LogP contribution in [-0.4, -0.2) is 15.0 Å². The molecule has 2 aromatic rings. The van der Waals surface area contributed by atoms with Crippen LogP contribution in [0.4, 0.5) is 5.95 Å². The maximum atomic E-state index is 5.77. The molecule has 1 aromatic carbocycles. The van der Waals surface area contributed by atoms with Gasteiger partial charge >= 0.3 is 0 Å². The van der Waals surface area contributed by atoms with Crippen molar-refractivity contribution in [3.05, 3.63) is 33.6 Å². The Hall–Kier alpha value is -1.49. The van der Waals surface area contributed by atoms with E-state index in [1.165, 1.54) is 0 Å². The molecule has 0 unspecified atom stereocenters. The summed E-state index contributed by atoms with van der Waals surface area (Å²) >= 11 is 3.56. The van der Waals surface area contributed by atoms with E-state index in [-0.39, 0.29) is 11.9 Å². The molecule has 19 heavy (non-hydrogen) atoms. The van der Waals surface area contributed by atoms with E-state index < -0.39 is 0 Å². The van der Waals surface area contributed by atoms with Crippen LogP contribution in [0.5, 0.6) is 0 Å². The van der Waals surface area contributed by atoms with Crippen LogP contribution < -0.4 is 5.73 Å². The highest BCUT2D eigenvalue weighted by Gasteiger charge is 2.11. The van der Waals surface area contributed by atoms with E-state index in [4.69, 9.17) is 5.73 Å². The minimum atomic E-state index is 0.224. The molecule has 0 amide bonds. The molecule has 2 N–H and O–H groups in total. The first-order valence-electron chi connectivity index (χ1n) is 6.17. The SMILES string of the molecule is Cc1cc(-c2nc(N)nc(C(C)C)n2)cc(C)c1Br. The zero-order valence-corrected chi connectivity index (χ0v) is 13.1. The molecule has 0 spiro atoms. The predicted octanol–water partition coefficient (Wildman–Crippen LogP) is 3.62. The molecule has 0 radical (unpaired) electrons. The molecule has 1 aromatic heterocycles. The van der Waals surface area contributed by atoms with Gasteiger partial charge in [-0.15, -0.1) is 0 Å². The quantitative estimate of drug-likeness (QED) is 0.917. The van der Waals surface area contributed by atoms with E-state index in [2.05, 4.69) is 56.9 Å². The number of nitrogens with two attached hydrogens (primary N) is 1. The van der Waals surface area contributed by atoms with Crippen LogP contribution in [0.1, 0.15) is 36.7 Å². The molecule has 0 saturated carbocycles. The molecule has 5 heteroatoms. The summed E-state index contributed by atoms with van der Waals surface area (Å²) < 4.78 is 1.11. The van der Waals surface area contributed by atoms with Gasteiger partial charge in [-0.25, -0.2) is 4.98 Å². The zero-order valence-electron chi connectivity index (χ0n) is 11.5. The van der Waals surface area contributed by atoms with Gasteiger partial charge < -0.3 is 5.73 Å². The lowest BCUT2D eigenvalue weighted by Crippen LogP contribution is -2.06. The van der Waals surface area contributed by atoms with Crippen molar-refractivity contribution in [3.8, 4) is 11.4 Å². The Bertz CT molecular complexity index is 600. The second-order valence-corrected chi connectivity index (χ2v) is 5.75. The summed E-state index contributed by atoms with van der Waals surface area (Å²) in [7, 11) is 0. The van der Waals surface area contributed by atoms with Gasteiger partial charge in [-0.2, -0.15) is 9.97 Å². The zero-order chi connectivity index (χ0) is 14.2. The van der Waals surface area contributed by atoms with E-state index in [0.717, 1.165) is 27.0 Å². The summed E-state index contributed by atoms with van der Waals surface area (Å²) in [6.07, 6.45) is 0. The maximum absolute atomic E-state index is 5.77. The van der Waals surface area contributed by atoms with E-state index in [1.54, 1.807) is 0 Å². The van der Waals surface area contributed by atoms with Gasteiger partial charge in [0.05, 0.1) is 0 Å². The van der Waals surface area contributed by atoms with Crippen molar-refractivity contribution in [1.29, 1.82) is 0 Å². The lowest BCUT2D eigenvalue weighted by molar-refractivity contribution is 0.767. The lowest BCUT2D eigenvalue weighted by atomic mass is 10.1. The summed E-state index contributed by atoms with van der Waals surface area (Å²) in [5.41, 5.74) is 9.04. The van der Waals surface area contributed by atoms with Crippen molar-refractivity contribution < 1.29 is 0 Å². The van der Waals surface area contributed by atoms with Crippen LogP contribution in [0, 0.1) is 13.8 Å². The molecule has 0 aliphatic rings. The largest absolute Gasteiger partial charge is 0.368 e. The Morgan fingerprint density at radius 1 is 1.05 bits per heavy atom. The smallest absolute Gasteiger partial charge is 0.223 e. The number of hydrogen-bond acceptors (Lipinski definition) is 4.